The van der Waals surface area contributed by atoms with Crippen LogP contribution in [0.2, 0.25) is 0 Å². The van der Waals surface area contributed by atoms with E-state index in [0.29, 0.717) is 12.5 Å². The molecule has 0 aromatic carbocycles. The zero-order chi connectivity index (χ0) is 14.4. The van der Waals surface area contributed by atoms with Gasteiger partial charge in [0.1, 0.15) is 5.75 Å². The van der Waals surface area contributed by atoms with Gasteiger partial charge in [-0.1, -0.05) is 13.8 Å². The number of carbonyl (C=O) groups excluding carboxylic acids is 1. The monoisotopic (exact) mass is 265 g/mol. The molecule has 1 atom stereocenters. The fourth-order valence-corrected chi connectivity index (χ4v) is 1.80. The number of rotatable bonds is 6. The lowest BCUT2D eigenvalue weighted by Gasteiger charge is -2.23. The largest absolute Gasteiger partial charge is 0.506 e. The Morgan fingerprint density at radius 1 is 1.42 bits per heavy atom. The molecule has 1 heterocycles. The second kappa shape index (κ2) is 7.09. The zero-order valence-corrected chi connectivity index (χ0v) is 12.1. The number of aromatic nitrogens is 1. The van der Waals surface area contributed by atoms with Crippen LogP contribution in [-0.2, 0) is 11.3 Å². The maximum atomic E-state index is 12.1. The lowest BCUT2D eigenvalue weighted by Crippen LogP contribution is -2.44. The maximum Gasteiger partial charge on any atom is 0.239 e. The number of carbonyl (C=O) groups is 1. The Morgan fingerprint density at radius 2 is 2.11 bits per heavy atom. The van der Waals surface area contributed by atoms with E-state index in [9.17, 15) is 9.90 Å². The Morgan fingerprint density at radius 3 is 2.58 bits per heavy atom. The van der Waals surface area contributed by atoms with Gasteiger partial charge in [0.25, 0.3) is 0 Å². The Kier molecular flexibility index (Phi) is 5.76. The molecule has 0 bridgehead atoms. The molecule has 0 fully saturated rings. The minimum Gasteiger partial charge on any atom is -0.506 e. The fraction of sp³-hybridized carbons (Fsp3) is 0.571. The number of amides is 1. The molecule has 1 rings (SSSR count). The SMILES string of the molecule is CC(C)CC(NCc1ccc(O)cn1)C(=O)N(C)C. The van der Waals surface area contributed by atoms with E-state index >= 15 is 0 Å². The van der Waals surface area contributed by atoms with Crippen LogP contribution in [0.15, 0.2) is 18.3 Å². The first kappa shape index (κ1) is 15.4. The van der Waals surface area contributed by atoms with Gasteiger partial charge in [-0.05, 0) is 24.5 Å². The first-order chi connectivity index (χ1) is 8.90. The number of pyridine rings is 1. The Hall–Kier alpha value is -1.62. The first-order valence-electron chi connectivity index (χ1n) is 6.48. The van der Waals surface area contributed by atoms with Gasteiger partial charge >= 0.3 is 0 Å². The van der Waals surface area contributed by atoms with Crippen molar-refractivity contribution >= 4 is 5.91 Å². The van der Waals surface area contributed by atoms with Crippen LogP contribution in [-0.4, -0.2) is 41.0 Å². The van der Waals surface area contributed by atoms with Gasteiger partial charge in [0, 0.05) is 20.6 Å². The van der Waals surface area contributed by atoms with Crippen molar-refractivity contribution in [2.75, 3.05) is 14.1 Å². The van der Waals surface area contributed by atoms with Crippen molar-refractivity contribution in [2.45, 2.75) is 32.9 Å². The topological polar surface area (TPSA) is 65.5 Å². The molecule has 1 unspecified atom stereocenters. The third-order valence-electron chi connectivity index (χ3n) is 2.78. The van der Waals surface area contributed by atoms with E-state index in [4.69, 9.17) is 0 Å². The molecule has 1 amide bonds. The number of nitrogens with one attached hydrogen (secondary N) is 1. The number of nitrogens with zero attached hydrogens (tertiary/aromatic N) is 2. The summed E-state index contributed by atoms with van der Waals surface area (Å²) in [4.78, 5) is 17.8. The highest BCUT2D eigenvalue weighted by Crippen LogP contribution is 2.09. The van der Waals surface area contributed by atoms with Crippen LogP contribution in [0.25, 0.3) is 0 Å². The summed E-state index contributed by atoms with van der Waals surface area (Å²) in [7, 11) is 3.52. The van der Waals surface area contributed by atoms with Crippen LogP contribution < -0.4 is 5.32 Å². The van der Waals surface area contributed by atoms with E-state index in [0.717, 1.165) is 12.1 Å². The molecule has 19 heavy (non-hydrogen) atoms. The summed E-state index contributed by atoms with van der Waals surface area (Å²) in [5, 5.41) is 12.4. The van der Waals surface area contributed by atoms with Crippen molar-refractivity contribution < 1.29 is 9.90 Å². The van der Waals surface area contributed by atoms with E-state index < -0.39 is 0 Å². The molecule has 0 aliphatic rings. The van der Waals surface area contributed by atoms with E-state index in [1.54, 1.807) is 31.1 Å². The zero-order valence-electron chi connectivity index (χ0n) is 12.1. The van der Waals surface area contributed by atoms with Gasteiger partial charge in [-0.2, -0.15) is 0 Å². The van der Waals surface area contributed by atoms with Crippen molar-refractivity contribution in [2.24, 2.45) is 5.92 Å². The molecule has 5 heteroatoms. The fourth-order valence-electron chi connectivity index (χ4n) is 1.80. The van der Waals surface area contributed by atoms with Crippen molar-refractivity contribution in [3.63, 3.8) is 0 Å². The Balaban J connectivity index is 2.62. The molecule has 5 nitrogen and oxygen atoms in total. The molecule has 2 N–H and O–H groups in total. The van der Waals surface area contributed by atoms with Crippen LogP contribution in [0.1, 0.15) is 26.0 Å². The van der Waals surface area contributed by atoms with E-state index in [2.05, 4.69) is 24.1 Å². The summed E-state index contributed by atoms with van der Waals surface area (Å²) >= 11 is 0. The summed E-state index contributed by atoms with van der Waals surface area (Å²) in [6.45, 7) is 4.70. The van der Waals surface area contributed by atoms with Crippen LogP contribution in [0.5, 0.6) is 5.75 Å². The molecular weight excluding hydrogens is 242 g/mol. The lowest BCUT2D eigenvalue weighted by atomic mass is 10.0. The summed E-state index contributed by atoms with van der Waals surface area (Å²) in [6.07, 6.45) is 2.19. The molecular formula is C14H23N3O2. The highest BCUT2D eigenvalue weighted by molar-refractivity contribution is 5.81. The molecule has 0 aliphatic carbocycles. The molecule has 106 valence electrons. The maximum absolute atomic E-state index is 12.1. The quantitative estimate of drug-likeness (QED) is 0.815. The average molecular weight is 265 g/mol. The van der Waals surface area contributed by atoms with Crippen LogP contribution in [0.4, 0.5) is 0 Å². The van der Waals surface area contributed by atoms with Gasteiger partial charge in [0.05, 0.1) is 17.9 Å². The summed E-state index contributed by atoms with van der Waals surface area (Å²) in [6, 6.07) is 3.13. The van der Waals surface area contributed by atoms with Crippen LogP contribution in [0, 0.1) is 5.92 Å². The standard InChI is InChI=1S/C14H23N3O2/c1-10(2)7-13(14(19)17(3)4)16-8-11-5-6-12(18)9-15-11/h5-6,9-10,13,16,18H,7-8H2,1-4H3. The molecule has 1 aromatic heterocycles. The van der Waals surface area contributed by atoms with E-state index in [1.165, 1.54) is 6.20 Å². The summed E-state index contributed by atoms with van der Waals surface area (Å²) in [5.41, 5.74) is 0.804. The van der Waals surface area contributed by atoms with Crippen LogP contribution in [0.3, 0.4) is 0 Å². The minimum atomic E-state index is -0.203. The van der Waals surface area contributed by atoms with Crippen LogP contribution >= 0.6 is 0 Å². The third-order valence-corrected chi connectivity index (χ3v) is 2.78. The smallest absolute Gasteiger partial charge is 0.239 e. The third kappa shape index (κ3) is 5.26. The van der Waals surface area contributed by atoms with Gasteiger partial charge < -0.3 is 15.3 Å². The molecule has 0 radical (unpaired) electrons. The van der Waals surface area contributed by atoms with Gasteiger partial charge in [0.2, 0.25) is 5.91 Å². The van der Waals surface area contributed by atoms with E-state index in [1.807, 2.05) is 0 Å². The Labute approximate surface area is 114 Å². The van der Waals surface area contributed by atoms with Gasteiger partial charge in [-0.15, -0.1) is 0 Å². The van der Waals surface area contributed by atoms with Gasteiger partial charge in [-0.3, -0.25) is 9.78 Å². The van der Waals surface area contributed by atoms with E-state index in [-0.39, 0.29) is 17.7 Å². The predicted octanol–water partition coefficient (Wildman–Crippen LogP) is 1.38. The highest BCUT2D eigenvalue weighted by atomic mass is 16.3. The van der Waals surface area contributed by atoms with Crippen molar-refractivity contribution in [1.82, 2.24) is 15.2 Å². The molecule has 0 aliphatic heterocycles. The highest BCUT2D eigenvalue weighted by Gasteiger charge is 2.20. The minimum absolute atomic E-state index is 0.0764. The van der Waals surface area contributed by atoms with Gasteiger partial charge in [-0.25, -0.2) is 0 Å². The summed E-state index contributed by atoms with van der Waals surface area (Å²) < 4.78 is 0. The Bertz CT molecular complexity index is 402. The van der Waals surface area contributed by atoms with Gasteiger partial charge in [0.15, 0.2) is 0 Å². The molecule has 0 spiro atoms. The van der Waals surface area contributed by atoms with Crippen molar-refractivity contribution in [3.8, 4) is 5.75 Å². The second-order valence-corrected chi connectivity index (χ2v) is 5.30. The summed E-state index contributed by atoms with van der Waals surface area (Å²) in [5.74, 6) is 0.661. The number of likely N-dealkylation sites (N-methyl/N-ethyl adjacent to an activating group) is 1. The molecule has 1 aromatic rings. The normalized spacial score (nSPS) is 12.5. The van der Waals surface area contributed by atoms with Crippen molar-refractivity contribution in [3.05, 3.63) is 24.0 Å². The first-order valence-corrected chi connectivity index (χ1v) is 6.48. The number of aromatic hydroxyl groups is 1. The number of hydrogen-bond acceptors (Lipinski definition) is 4. The average Bonchev–Trinajstić information content (AvgIpc) is 2.35. The molecule has 0 saturated heterocycles. The lowest BCUT2D eigenvalue weighted by molar-refractivity contribution is -0.131. The van der Waals surface area contributed by atoms with Crippen molar-refractivity contribution in [1.29, 1.82) is 0 Å². The molecule has 0 saturated carbocycles. The number of hydrogen-bond donors (Lipinski definition) is 2. The second-order valence-electron chi connectivity index (χ2n) is 5.30. The predicted molar refractivity (Wildman–Crippen MR) is 74.7 cm³/mol.